The molecule has 4 heterocycles. The van der Waals surface area contributed by atoms with E-state index < -0.39 is 0 Å². The Bertz CT molecular complexity index is 1030. The second kappa shape index (κ2) is 4.41. The summed E-state index contributed by atoms with van der Waals surface area (Å²) in [5.74, 6) is 2.75. The Morgan fingerprint density at radius 3 is 2.88 bits per heavy atom. The zero-order valence-corrected chi connectivity index (χ0v) is 13.2. The summed E-state index contributed by atoms with van der Waals surface area (Å²) in [6.45, 7) is 2.10. The molecule has 0 aliphatic carbocycles. The quantitative estimate of drug-likeness (QED) is 0.597. The minimum absolute atomic E-state index is 0.308. The number of rotatable bonds is 0. The fraction of sp³-hybridized carbons (Fsp3) is 0.250. The largest absolute Gasteiger partial charge is 0.493 e. The van der Waals surface area contributed by atoms with Gasteiger partial charge in [0.1, 0.15) is 5.75 Å². The molecule has 3 aliphatic heterocycles. The first-order valence-corrected chi connectivity index (χ1v) is 8.41. The summed E-state index contributed by atoms with van der Waals surface area (Å²) in [7, 11) is 0. The van der Waals surface area contributed by atoms with Crippen LogP contribution in [0.25, 0.3) is 22.0 Å². The highest BCUT2D eigenvalue weighted by Crippen LogP contribution is 2.41. The van der Waals surface area contributed by atoms with Crippen molar-refractivity contribution in [3.63, 3.8) is 0 Å². The van der Waals surface area contributed by atoms with Gasteiger partial charge in [-0.2, -0.15) is 4.57 Å². The van der Waals surface area contributed by atoms with Crippen LogP contribution >= 0.6 is 0 Å². The second-order valence-electron chi connectivity index (χ2n) is 6.62. The molecule has 2 aromatic carbocycles. The Hall–Kier alpha value is -2.75. The molecule has 4 nitrogen and oxygen atoms in total. The summed E-state index contributed by atoms with van der Waals surface area (Å²) in [5, 5.41) is 2.30. The van der Waals surface area contributed by atoms with Crippen molar-refractivity contribution in [2.75, 3.05) is 13.4 Å². The Kier molecular flexibility index (Phi) is 2.32. The van der Waals surface area contributed by atoms with E-state index in [1.807, 2.05) is 6.07 Å². The number of pyridine rings is 1. The molecule has 0 saturated carbocycles. The van der Waals surface area contributed by atoms with Crippen LogP contribution in [0.1, 0.15) is 11.1 Å². The topological polar surface area (TPSA) is 31.6 Å². The van der Waals surface area contributed by atoms with E-state index in [2.05, 4.69) is 35.0 Å². The van der Waals surface area contributed by atoms with Crippen molar-refractivity contribution in [3.8, 4) is 28.5 Å². The van der Waals surface area contributed by atoms with Gasteiger partial charge in [-0.3, -0.25) is 0 Å². The van der Waals surface area contributed by atoms with Crippen molar-refractivity contribution in [2.24, 2.45) is 0 Å². The average molecular weight is 318 g/mol. The van der Waals surface area contributed by atoms with E-state index in [0.717, 1.165) is 48.6 Å². The molecule has 4 heteroatoms. The number of hydrogen-bond acceptors (Lipinski definition) is 3. The highest BCUT2D eigenvalue weighted by molar-refractivity contribution is 5.92. The van der Waals surface area contributed by atoms with Crippen LogP contribution in [-0.2, 0) is 19.4 Å². The molecule has 0 unspecified atom stereocenters. The fourth-order valence-corrected chi connectivity index (χ4v) is 4.10. The van der Waals surface area contributed by atoms with Crippen LogP contribution in [0.2, 0.25) is 0 Å². The van der Waals surface area contributed by atoms with Crippen molar-refractivity contribution in [1.82, 2.24) is 0 Å². The number of benzene rings is 2. The molecule has 1 aromatic heterocycles. The highest BCUT2D eigenvalue weighted by Gasteiger charge is 2.28. The third-order valence-corrected chi connectivity index (χ3v) is 5.31. The molecule has 0 bridgehead atoms. The molecule has 118 valence electrons. The van der Waals surface area contributed by atoms with Gasteiger partial charge >= 0.3 is 0 Å². The molecule has 0 saturated heterocycles. The maximum atomic E-state index is 5.78. The van der Waals surface area contributed by atoms with Gasteiger partial charge < -0.3 is 14.2 Å². The van der Waals surface area contributed by atoms with Gasteiger partial charge in [0.05, 0.1) is 17.6 Å². The molecule has 6 rings (SSSR count). The van der Waals surface area contributed by atoms with Gasteiger partial charge in [-0.1, -0.05) is 6.07 Å². The third-order valence-electron chi connectivity index (χ3n) is 5.31. The molecular weight excluding hydrogens is 302 g/mol. The molecule has 0 radical (unpaired) electrons. The molecular formula is C20H16NO3+. The molecule has 0 amide bonds. The fourth-order valence-electron chi connectivity index (χ4n) is 4.10. The van der Waals surface area contributed by atoms with Crippen molar-refractivity contribution >= 4 is 10.8 Å². The van der Waals surface area contributed by atoms with E-state index in [4.69, 9.17) is 14.2 Å². The van der Waals surface area contributed by atoms with E-state index >= 15 is 0 Å². The minimum Gasteiger partial charge on any atom is -0.493 e. The van der Waals surface area contributed by atoms with Crippen molar-refractivity contribution in [2.45, 2.75) is 19.4 Å². The molecule has 3 aromatic rings. The number of nitrogens with zero attached hydrogens (tertiary/aromatic N) is 1. The highest BCUT2D eigenvalue weighted by atomic mass is 16.7. The van der Waals surface area contributed by atoms with Gasteiger partial charge in [0.25, 0.3) is 0 Å². The van der Waals surface area contributed by atoms with E-state index in [-0.39, 0.29) is 0 Å². The lowest BCUT2D eigenvalue weighted by molar-refractivity contribution is -0.686. The lowest BCUT2D eigenvalue weighted by atomic mass is 9.93. The number of hydrogen-bond donors (Lipinski definition) is 0. The number of ether oxygens (including phenoxy) is 3. The zero-order valence-electron chi connectivity index (χ0n) is 13.2. The maximum Gasteiger partial charge on any atom is 0.231 e. The van der Waals surface area contributed by atoms with E-state index in [1.165, 1.54) is 27.8 Å². The predicted octanol–water partition coefficient (Wildman–Crippen LogP) is 3.01. The zero-order chi connectivity index (χ0) is 15.7. The number of fused-ring (bicyclic) bond motifs is 7. The normalized spacial score (nSPS) is 16.5. The van der Waals surface area contributed by atoms with Gasteiger partial charge in [0, 0.05) is 18.9 Å². The third kappa shape index (κ3) is 1.60. The monoisotopic (exact) mass is 318 g/mol. The average Bonchev–Trinajstić information content (AvgIpc) is 3.26. The Labute approximate surface area is 139 Å². The van der Waals surface area contributed by atoms with Crippen molar-refractivity contribution < 1.29 is 18.8 Å². The molecule has 0 spiro atoms. The molecule has 0 fully saturated rings. The molecule has 24 heavy (non-hydrogen) atoms. The van der Waals surface area contributed by atoms with Gasteiger partial charge in [-0.25, -0.2) is 0 Å². The number of aryl methyl sites for hydroxylation is 2. The first-order valence-electron chi connectivity index (χ1n) is 8.41. The molecule has 0 atom stereocenters. The van der Waals surface area contributed by atoms with Gasteiger partial charge in [0.15, 0.2) is 24.2 Å². The van der Waals surface area contributed by atoms with E-state index in [1.54, 1.807) is 0 Å². The van der Waals surface area contributed by atoms with Crippen molar-refractivity contribution in [1.29, 1.82) is 0 Å². The molecule has 0 N–H and O–H groups in total. The standard InChI is InChI=1S/C20H16NO3/c1-2-18-20(24-11-23-18)16-10-21-5-3-13-7-14-4-6-22-19(14)9-15(13)17(21)8-12(1)16/h1-2,7-10H,3-6,11H2/q+1. The summed E-state index contributed by atoms with van der Waals surface area (Å²) in [5.41, 5.74) is 5.33. The first kappa shape index (κ1) is 12.6. The number of aromatic nitrogens is 1. The lowest BCUT2D eigenvalue weighted by Gasteiger charge is -2.17. The molecule has 3 aliphatic rings. The van der Waals surface area contributed by atoms with Gasteiger partial charge in [-0.05, 0) is 34.7 Å². The van der Waals surface area contributed by atoms with Gasteiger partial charge in [0.2, 0.25) is 12.5 Å². The minimum atomic E-state index is 0.308. The first-order chi connectivity index (χ1) is 11.9. The lowest BCUT2D eigenvalue weighted by Crippen LogP contribution is -2.40. The van der Waals surface area contributed by atoms with Crippen LogP contribution in [0, 0.1) is 0 Å². The van der Waals surface area contributed by atoms with Crippen LogP contribution in [0.5, 0.6) is 17.2 Å². The summed E-state index contributed by atoms with van der Waals surface area (Å²) in [6.07, 6.45) is 4.29. The van der Waals surface area contributed by atoms with Crippen LogP contribution < -0.4 is 18.8 Å². The predicted molar refractivity (Wildman–Crippen MR) is 88.6 cm³/mol. The summed E-state index contributed by atoms with van der Waals surface area (Å²) in [6, 6.07) is 10.9. The van der Waals surface area contributed by atoms with E-state index in [0.29, 0.717) is 6.79 Å². The summed E-state index contributed by atoms with van der Waals surface area (Å²) >= 11 is 0. The van der Waals surface area contributed by atoms with Crippen LogP contribution in [0.3, 0.4) is 0 Å². The summed E-state index contributed by atoms with van der Waals surface area (Å²) in [4.78, 5) is 0. The second-order valence-corrected chi connectivity index (χ2v) is 6.62. The Morgan fingerprint density at radius 2 is 1.88 bits per heavy atom. The smallest absolute Gasteiger partial charge is 0.231 e. The SMILES string of the molecule is c1c2c(cc3c1CC[n+]1cc4c5c(ccc4cc1-3)OCO5)OCC2. The maximum absolute atomic E-state index is 5.78. The Balaban J connectivity index is 1.62. The van der Waals surface area contributed by atoms with Gasteiger partial charge in [-0.15, -0.1) is 0 Å². The van der Waals surface area contributed by atoms with Crippen molar-refractivity contribution in [3.05, 3.63) is 47.7 Å². The van der Waals surface area contributed by atoms with Crippen LogP contribution in [0.15, 0.2) is 36.5 Å². The summed E-state index contributed by atoms with van der Waals surface area (Å²) < 4.78 is 19.3. The van der Waals surface area contributed by atoms with E-state index in [9.17, 15) is 0 Å². The van der Waals surface area contributed by atoms with Crippen LogP contribution in [0.4, 0.5) is 0 Å². The van der Waals surface area contributed by atoms with Crippen LogP contribution in [-0.4, -0.2) is 13.4 Å². The Morgan fingerprint density at radius 1 is 0.875 bits per heavy atom.